The number of carbonyl (C=O) groups excluding carboxylic acids is 1. The molecule has 26 heavy (non-hydrogen) atoms. The summed E-state index contributed by atoms with van der Waals surface area (Å²) >= 11 is 0. The van der Waals surface area contributed by atoms with Crippen molar-refractivity contribution < 1.29 is 14.3 Å². The molecule has 8 heteroatoms. The van der Waals surface area contributed by atoms with E-state index in [-0.39, 0.29) is 17.6 Å². The van der Waals surface area contributed by atoms with Crippen LogP contribution in [0.15, 0.2) is 53.8 Å². The summed E-state index contributed by atoms with van der Waals surface area (Å²) in [5.74, 6) is -0.0395. The molecule has 0 saturated heterocycles. The highest BCUT2D eigenvalue weighted by Crippen LogP contribution is 2.28. The lowest BCUT2D eigenvalue weighted by molar-refractivity contribution is 0.102. The van der Waals surface area contributed by atoms with E-state index >= 15 is 0 Å². The monoisotopic (exact) mass is 351 g/mol. The van der Waals surface area contributed by atoms with E-state index in [1.807, 2.05) is 30.3 Å². The van der Waals surface area contributed by atoms with Crippen LogP contribution in [0.2, 0.25) is 0 Å². The van der Waals surface area contributed by atoms with Gasteiger partial charge in [-0.3, -0.25) is 4.79 Å². The third-order valence-corrected chi connectivity index (χ3v) is 3.63. The normalized spacial score (nSPS) is 11.2. The van der Waals surface area contributed by atoms with Gasteiger partial charge >= 0.3 is 0 Å². The van der Waals surface area contributed by atoms with Gasteiger partial charge in [0.05, 0.1) is 32.3 Å². The van der Waals surface area contributed by atoms with Crippen LogP contribution in [-0.4, -0.2) is 36.1 Å². The van der Waals surface area contributed by atoms with E-state index in [9.17, 15) is 4.79 Å². The molecule has 1 heterocycles. The number of nitrogens with zero attached hydrogens (tertiary/aromatic N) is 3. The number of aliphatic imine (C=N–C) groups is 1. The van der Waals surface area contributed by atoms with Crippen molar-refractivity contribution in [2.75, 3.05) is 19.5 Å². The zero-order chi connectivity index (χ0) is 18.5. The number of rotatable bonds is 4. The Hall–Kier alpha value is -3.68. The molecule has 1 aromatic heterocycles. The van der Waals surface area contributed by atoms with Crippen molar-refractivity contribution in [3.05, 3.63) is 54.5 Å². The molecule has 2 aromatic carbocycles. The highest BCUT2D eigenvalue weighted by atomic mass is 16.5. The lowest BCUT2D eigenvalue weighted by atomic mass is 10.1. The summed E-state index contributed by atoms with van der Waals surface area (Å²) in [4.78, 5) is 24.6. The first-order valence-corrected chi connectivity index (χ1v) is 7.69. The zero-order valence-electron chi connectivity index (χ0n) is 14.3. The number of methoxy groups -OCH3 is 2. The average Bonchev–Trinajstić information content (AvgIpc) is 2.68. The van der Waals surface area contributed by atoms with Gasteiger partial charge in [-0.25, -0.2) is 9.97 Å². The number of anilines is 1. The van der Waals surface area contributed by atoms with Crippen LogP contribution in [0.1, 0.15) is 10.5 Å². The summed E-state index contributed by atoms with van der Waals surface area (Å²) in [6, 6.07) is 11.2. The molecule has 0 aliphatic carbocycles. The van der Waals surface area contributed by atoms with Gasteiger partial charge in [0.25, 0.3) is 11.9 Å². The number of carbonyl (C=O) groups is 1. The van der Waals surface area contributed by atoms with Crippen molar-refractivity contribution in [3.8, 4) is 5.88 Å². The minimum atomic E-state index is -0.378. The third kappa shape index (κ3) is 3.69. The molecule has 3 N–H and O–H groups in total. The average molecular weight is 351 g/mol. The Morgan fingerprint density at radius 3 is 2.69 bits per heavy atom. The number of amides is 1. The number of nitrogens with one attached hydrogen (secondary N) is 1. The van der Waals surface area contributed by atoms with E-state index in [4.69, 9.17) is 15.2 Å². The quantitative estimate of drug-likeness (QED) is 0.552. The van der Waals surface area contributed by atoms with Gasteiger partial charge in [0.15, 0.2) is 0 Å². The van der Waals surface area contributed by atoms with Crippen LogP contribution in [0.25, 0.3) is 10.8 Å². The maximum atomic E-state index is 12.3. The number of hydrogen-bond donors (Lipinski definition) is 2. The lowest BCUT2D eigenvalue weighted by Gasteiger charge is -2.08. The second-order valence-electron chi connectivity index (χ2n) is 5.27. The third-order valence-electron chi connectivity index (χ3n) is 3.63. The van der Waals surface area contributed by atoms with E-state index in [1.165, 1.54) is 26.6 Å². The van der Waals surface area contributed by atoms with Crippen LogP contribution in [0.5, 0.6) is 5.88 Å². The van der Waals surface area contributed by atoms with Crippen LogP contribution in [-0.2, 0) is 4.74 Å². The van der Waals surface area contributed by atoms with Gasteiger partial charge in [0, 0.05) is 11.1 Å². The van der Waals surface area contributed by atoms with E-state index in [1.54, 1.807) is 6.07 Å². The van der Waals surface area contributed by atoms with E-state index in [0.717, 1.165) is 10.8 Å². The van der Waals surface area contributed by atoms with Gasteiger partial charge in [0.1, 0.15) is 5.69 Å². The lowest BCUT2D eigenvalue weighted by Crippen LogP contribution is -2.14. The Balaban J connectivity index is 1.90. The van der Waals surface area contributed by atoms with Crippen LogP contribution < -0.4 is 15.8 Å². The van der Waals surface area contributed by atoms with Crippen molar-refractivity contribution >= 4 is 34.1 Å². The second kappa shape index (κ2) is 7.47. The van der Waals surface area contributed by atoms with Gasteiger partial charge in [-0.2, -0.15) is 4.99 Å². The predicted octanol–water partition coefficient (Wildman–Crippen LogP) is 2.48. The molecule has 0 radical (unpaired) electrons. The molecule has 0 fully saturated rings. The molecule has 0 aliphatic rings. The molecule has 1 amide bonds. The molecule has 0 atom stereocenters. The first-order valence-electron chi connectivity index (χ1n) is 7.69. The summed E-state index contributed by atoms with van der Waals surface area (Å²) in [5, 5.41) is 4.57. The minimum absolute atomic E-state index is 0.0560. The highest BCUT2D eigenvalue weighted by Gasteiger charge is 2.10. The van der Waals surface area contributed by atoms with E-state index in [2.05, 4.69) is 20.3 Å². The minimum Gasteiger partial charge on any atom is -0.480 e. The number of ether oxygens (including phenoxy) is 2. The van der Waals surface area contributed by atoms with Crippen molar-refractivity contribution in [1.82, 2.24) is 9.97 Å². The van der Waals surface area contributed by atoms with Gasteiger partial charge in [-0.1, -0.05) is 18.2 Å². The molecular formula is C18H17N5O3. The Labute approximate surface area is 149 Å². The van der Waals surface area contributed by atoms with Gasteiger partial charge in [-0.15, -0.1) is 0 Å². The molecule has 0 bridgehead atoms. The molecular weight excluding hydrogens is 334 g/mol. The maximum absolute atomic E-state index is 12.3. The van der Waals surface area contributed by atoms with Crippen molar-refractivity contribution in [3.63, 3.8) is 0 Å². The number of benzene rings is 2. The fourth-order valence-electron chi connectivity index (χ4n) is 2.33. The molecule has 0 aliphatic heterocycles. The predicted molar refractivity (Wildman–Crippen MR) is 98.8 cm³/mol. The number of hydrogen-bond acceptors (Lipinski definition) is 6. The van der Waals surface area contributed by atoms with Gasteiger partial charge < -0.3 is 20.5 Å². The molecule has 0 spiro atoms. The molecule has 3 rings (SSSR count). The molecule has 8 nitrogen and oxygen atoms in total. The maximum Gasteiger partial charge on any atom is 0.286 e. The first kappa shape index (κ1) is 17.2. The van der Waals surface area contributed by atoms with Gasteiger partial charge in [0.2, 0.25) is 5.88 Å². The molecule has 0 unspecified atom stereocenters. The van der Waals surface area contributed by atoms with Crippen LogP contribution in [0.4, 0.5) is 11.4 Å². The summed E-state index contributed by atoms with van der Waals surface area (Å²) in [6.07, 6.45) is 2.74. The second-order valence-corrected chi connectivity index (χ2v) is 5.27. The first-order chi connectivity index (χ1) is 12.6. The largest absolute Gasteiger partial charge is 0.480 e. The standard InChI is InChI=1S/C18H17N5O3/c1-25-16-10-20-15(9-21-16)17(24)22-12-7-6-11-4-3-5-14(13(11)8-12)23-18(19)26-2/h3-10H,1-2H3,(H2,19,23)(H,22,24). The molecule has 3 aromatic rings. The Bertz CT molecular complexity index is 970. The smallest absolute Gasteiger partial charge is 0.286 e. The Morgan fingerprint density at radius 2 is 2.00 bits per heavy atom. The number of fused-ring (bicyclic) bond motifs is 1. The number of aromatic nitrogens is 2. The fourth-order valence-corrected chi connectivity index (χ4v) is 2.33. The summed E-state index contributed by atoms with van der Waals surface area (Å²) in [6.45, 7) is 0. The van der Waals surface area contributed by atoms with Crippen LogP contribution in [0, 0.1) is 0 Å². The highest BCUT2D eigenvalue weighted by molar-refractivity contribution is 6.05. The summed E-state index contributed by atoms with van der Waals surface area (Å²) in [7, 11) is 2.93. The fraction of sp³-hybridized carbons (Fsp3) is 0.111. The number of nitrogens with two attached hydrogens (primary N) is 1. The molecule has 132 valence electrons. The Morgan fingerprint density at radius 1 is 1.15 bits per heavy atom. The molecule has 0 saturated carbocycles. The van der Waals surface area contributed by atoms with E-state index < -0.39 is 0 Å². The van der Waals surface area contributed by atoms with Gasteiger partial charge in [-0.05, 0) is 23.6 Å². The van der Waals surface area contributed by atoms with Crippen molar-refractivity contribution in [2.45, 2.75) is 0 Å². The zero-order valence-corrected chi connectivity index (χ0v) is 14.3. The summed E-state index contributed by atoms with van der Waals surface area (Å²) < 4.78 is 9.84. The Kier molecular flexibility index (Phi) is 4.93. The topological polar surface area (TPSA) is 112 Å². The van der Waals surface area contributed by atoms with Crippen LogP contribution in [0.3, 0.4) is 0 Å². The SMILES string of the molecule is COC(N)=Nc1cccc2ccc(NC(=O)c3cnc(OC)cn3)cc12. The van der Waals surface area contributed by atoms with Crippen molar-refractivity contribution in [2.24, 2.45) is 10.7 Å². The van der Waals surface area contributed by atoms with Crippen LogP contribution >= 0.6 is 0 Å². The van der Waals surface area contributed by atoms with Crippen molar-refractivity contribution in [1.29, 1.82) is 0 Å². The number of amidine groups is 1. The summed E-state index contributed by atoms with van der Waals surface area (Å²) in [5.41, 5.74) is 7.07. The van der Waals surface area contributed by atoms with E-state index in [0.29, 0.717) is 17.3 Å².